The zero-order valence-electron chi connectivity index (χ0n) is 12.2. The van der Waals surface area contributed by atoms with Crippen LogP contribution in [0.1, 0.15) is 52.9 Å². The van der Waals surface area contributed by atoms with Gasteiger partial charge in [-0.15, -0.1) is 0 Å². The van der Waals surface area contributed by atoms with Gasteiger partial charge in [0.05, 0.1) is 24.9 Å². The molecule has 0 saturated heterocycles. The summed E-state index contributed by atoms with van der Waals surface area (Å²) in [5.41, 5.74) is 2.89. The van der Waals surface area contributed by atoms with Crippen molar-refractivity contribution in [2.24, 2.45) is 11.8 Å². The third-order valence-corrected chi connectivity index (χ3v) is 3.69. The molecule has 0 amide bonds. The van der Waals surface area contributed by atoms with Crippen LogP contribution in [-0.4, -0.2) is 31.5 Å². The molecule has 4 nitrogen and oxygen atoms in total. The molecule has 0 heterocycles. The van der Waals surface area contributed by atoms with Gasteiger partial charge in [-0.25, -0.2) is 0 Å². The fourth-order valence-electron chi connectivity index (χ4n) is 2.77. The maximum absolute atomic E-state index is 5.94. The minimum atomic E-state index is 0.0930. The zero-order chi connectivity index (χ0) is 13.4. The van der Waals surface area contributed by atoms with Crippen LogP contribution in [0.15, 0.2) is 0 Å². The molecular weight excluding hydrogens is 228 g/mol. The van der Waals surface area contributed by atoms with Crippen LogP contribution in [0.4, 0.5) is 0 Å². The molecule has 1 aliphatic carbocycles. The molecule has 2 atom stereocenters. The molecular formula is C14H30N2O2. The lowest BCUT2D eigenvalue weighted by Crippen LogP contribution is -2.51. The van der Waals surface area contributed by atoms with Crippen molar-refractivity contribution in [2.75, 3.05) is 13.2 Å². The summed E-state index contributed by atoms with van der Waals surface area (Å²) in [6.07, 6.45) is 6.91. The number of hydrazine groups is 1. The molecule has 0 aromatic rings. The van der Waals surface area contributed by atoms with Gasteiger partial charge in [-0.2, -0.15) is 0 Å². The minimum absolute atomic E-state index is 0.0930. The molecule has 0 bridgehead atoms. The van der Waals surface area contributed by atoms with E-state index in [0.717, 1.165) is 6.61 Å². The van der Waals surface area contributed by atoms with Gasteiger partial charge in [0.15, 0.2) is 0 Å². The SMILES string of the molecule is CCOC(C1CCCCC1)C(COC(C)C)NN. The van der Waals surface area contributed by atoms with Gasteiger partial charge < -0.3 is 9.47 Å². The highest BCUT2D eigenvalue weighted by molar-refractivity contribution is 4.84. The van der Waals surface area contributed by atoms with Crippen LogP contribution < -0.4 is 11.3 Å². The smallest absolute Gasteiger partial charge is 0.0791 e. The lowest BCUT2D eigenvalue weighted by Gasteiger charge is -2.35. The molecule has 1 aliphatic rings. The number of nitrogens with two attached hydrogens (primary N) is 1. The highest BCUT2D eigenvalue weighted by atomic mass is 16.5. The summed E-state index contributed by atoms with van der Waals surface area (Å²) < 4.78 is 11.6. The molecule has 3 N–H and O–H groups in total. The molecule has 1 rings (SSSR count). The van der Waals surface area contributed by atoms with E-state index in [1.165, 1.54) is 32.1 Å². The first-order chi connectivity index (χ1) is 8.69. The van der Waals surface area contributed by atoms with E-state index in [0.29, 0.717) is 12.5 Å². The fourth-order valence-corrected chi connectivity index (χ4v) is 2.77. The van der Waals surface area contributed by atoms with E-state index < -0.39 is 0 Å². The van der Waals surface area contributed by atoms with Crippen LogP contribution in [0.2, 0.25) is 0 Å². The lowest BCUT2D eigenvalue weighted by atomic mass is 9.82. The minimum Gasteiger partial charge on any atom is -0.377 e. The van der Waals surface area contributed by atoms with Crippen molar-refractivity contribution in [2.45, 2.75) is 71.1 Å². The third kappa shape index (κ3) is 5.22. The Morgan fingerprint density at radius 2 is 1.83 bits per heavy atom. The van der Waals surface area contributed by atoms with E-state index in [4.69, 9.17) is 15.3 Å². The number of ether oxygens (including phenoxy) is 2. The molecule has 1 saturated carbocycles. The summed E-state index contributed by atoms with van der Waals surface area (Å²) >= 11 is 0. The molecule has 1 fully saturated rings. The van der Waals surface area contributed by atoms with Crippen LogP contribution >= 0.6 is 0 Å². The fraction of sp³-hybridized carbons (Fsp3) is 1.00. The predicted octanol–water partition coefficient (Wildman–Crippen LogP) is 2.23. The topological polar surface area (TPSA) is 56.5 Å². The summed E-state index contributed by atoms with van der Waals surface area (Å²) in [5.74, 6) is 6.31. The van der Waals surface area contributed by atoms with Crippen molar-refractivity contribution in [3.05, 3.63) is 0 Å². The Kier molecular flexibility index (Phi) is 7.82. The highest BCUT2D eigenvalue weighted by Crippen LogP contribution is 2.29. The van der Waals surface area contributed by atoms with E-state index in [9.17, 15) is 0 Å². The van der Waals surface area contributed by atoms with Crippen molar-refractivity contribution in [3.63, 3.8) is 0 Å². The van der Waals surface area contributed by atoms with Crippen LogP contribution in [0, 0.1) is 5.92 Å². The van der Waals surface area contributed by atoms with Crippen molar-refractivity contribution in [1.29, 1.82) is 0 Å². The number of hydrogen-bond donors (Lipinski definition) is 2. The number of rotatable bonds is 8. The van der Waals surface area contributed by atoms with E-state index in [1.807, 2.05) is 20.8 Å². The largest absolute Gasteiger partial charge is 0.377 e. The Morgan fingerprint density at radius 1 is 1.17 bits per heavy atom. The summed E-state index contributed by atoms with van der Waals surface area (Å²) in [6, 6.07) is 0.0930. The molecule has 0 radical (unpaired) electrons. The number of nitrogens with one attached hydrogen (secondary N) is 1. The standard InChI is InChI=1S/C14H30N2O2/c1-4-17-14(12-8-6-5-7-9-12)13(16-15)10-18-11(2)3/h11-14,16H,4-10,15H2,1-3H3. The molecule has 2 unspecified atom stereocenters. The lowest BCUT2D eigenvalue weighted by molar-refractivity contribution is -0.0480. The van der Waals surface area contributed by atoms with E-state index in [-0.39, 0.29) is 18.2 Å². The van der Waals surface area contributed by atoms with Gasteiger partial charge in [0, 0.05) is 6.61 Å². The van der Waals surface area contributed by atoms with Crippen molar-refractivity contribution < 1.29 is 9.47 Å². The average Bonchev–Trinajstić information content (AvgIpc) is 2.39. The monoisotopic (exact) mass is 258 g/mol. The van der Waals surface area contributed by atoms with E-state index >= 15 is 0 Å². The molecule has 0 aromatic carbocycles. The molecule has 0 spiro atoms. The maximum atomic E-state index is 5.94. The van der Waals surface area contributed by atoms with Gasteiger partial charge in [0.2, 0.25) is 0 Å². The quantitative estimate of drug-likeness (QED) is 0.518. The summed E-state index contributed by atoms with van der Waals surface area (Å²) in [4.78, 5) is 0. The van der Waals surface area contributed by atoms with Crippen LogP contribution in [-0.2, 0) is 9.47 Å². The molecule has 4 heteroatoms. The predicted molar refractivity (Wildman–Crippen MR) is 74.2 cm³/mol. The van der Waals surface area contributed by atoms with Crippen LogP contribution in [0.5, 0.6) is 0 Å². The molecule has 18 heavy (non-hydrogen) atoms. The van der Waals surface area contributed by atoms with Crippen molar-refractivity contribution in [3.8, 4) is 0 Å². The zero-order valence-corrected chi connectivity index (χ0v) is 12.2. The first-order valence-corrected chi connectivity index (χ1v) is 7.38. The van der Waals surface area contributed by atoms with Gasteiger partial charge in [-0.05, 0) is 39.5 Å². The Morgan fingerprint density at radius 3 is 2.33 bits per heavy atom. The van der Waals surface area contributed by atoms with Crippen LogP contribution in [0.25, 0.3) is 0 Å². The third-order valence-electron chi connectivity index (χ3n) is 3.69. The van der Waals surface area contributed by atoms with E-state index in [1.54, 1.807) is 0 Å². The Bertz CT molecular complexity index is 206. The van der Waals surface area contributed by atoms with Gasteiger partial charge in [-0.1, -0.05) is 19.3 Å². The van der Waals surface area contributed by atoms with E-state index in [2.05, 4.69) is 5.43 Å². The maximum Gasteiger partial charge on any atom is 0.0791 e. The molecule has 108 valence electrons. The van der Waals surface area contributed by atoms with Crippen LogP contribution in [0.3, 0.4) is 0 Å². The highest BCUT2D eigenvalue weighted by Gasteiger charge is 2.30. The number of hydrogen-bond acceptors (Lipinski definition) is 4. The average molecular weight is 258 g/mol. The second kappa shape index (κ2) is 8.86. The first-order valence-electron chi connectivity index (χ1n) is 7.38. The second-order valence-electron chi connectivity index (χ2n) is 5.47. The Balaban J connectivity index is 2.54. The van der Waals surface area contributed by atoms with Gasteiger partial charge in [0.25, 0.3) is 0 Å². The normalized spacial score (nSPS) is 21.2. The van der Waals surface area contributed by atoms with Gasteiger partial charge >= 0.3 is 0 Å². The summed E-state index contributed by atoms with van der Waals surface area (Å²) in [6.45, 7) is 7.50. The molecule has 0 aromatic heterocycles. The Labute approximate surface area is 112 Å². The molecule has 0 aliphatic heterocycles. The summed E-state index contributed by atoms with van der Waals surface area (Å²) in [5, 5.41) is 0. The first kappa shape index (κ1) is 15.9. The second-order valence-corrected chi connectivity index (χ2v) is 5.47. The van der Waals surface area contributed by atoms with Crippen molar-refractivity contribution >= 4 is 0 Å². The Hall–Kier alpha value is -0.160. The van der Waals surface area contributed by atoms with Crippen molar-refractivity contribution in [1.82, 2.24) is 5.43 Å². The summed E-state index contributed by atoms with van der Waals surface area (Å²) in [7, 11) is 0. The van der Waals surface area contributed by atoms with Gasteiger partial charge in [-0.3, -0.25) is 11.3 Å². The van der Waals surface area contributed by atoms with Gasteiger partial charge in [0.1, 0.15) is 0 Å².